The van der Waals surface area contributed by atoms with Gasteiger partial charge in [-0.25, -0.2) is 12.7 Å². The topological polar surface area (TPSA) is 62.7 Å². The van der Waals surface area contributed by atoms with Crippen LogP contribution >= 0.6 is 0 Å². The van der Waals surface area contributed by atoms with Gasteiger partial charge in [0.25, 0.3) is 0 Å². The van der Waals surface area contributed by atoms with E-state index in [4.69, 9.17) is 4.74 Å². The van der Waals surface area contributed by atoms with Crippen molar-refractivity contribution in [2.24, 2.45) is 5.92 Å². The fourth-order valence-corrected chi connectivity index (χ4v) is 4.91. The zero-order chi connectivity index (χ0) is 17.2. The van der Waals surface area contributed by atoms with Gasteiger partial charge in [0.2, 0.25) is 10.0 Å². The zero-order valence-corrected chi connectivity index (χ0v) is 15.3. The minimum absolute atomic E-state index is 0.204. The number of nitrogens with zero attached hydrogens (tertiary/aromatic N) is 3. The number of aromatic nitrogens is 1. The van der Waals surface area contributed by atoms with E-state index >= 15 is 0 Å². The van der Waals surface area contributed by atoms with Crippen LogP contribution < -0.4 is 0 Å². The molecular formula is C17H27N3O3S. The van der Waals surface area contributed by atoms with Crippen LogP contribution in [0.25, 0.3) is 0 Å². The van der Waals surface area contributed by atoms with Crippen LogP contribution in [0.2, 0.25) is 0 Å². The largest absolute Gasteiger partial charge is 0.380 e. The number of pyridine rings is 1. The molecule has 2 fully saturated rings. The Hall–Kier alpha value is -1.02. The van der Waals surface area contributed by atoms with E-state index in [1.54, 1.807) is 24.3 Å². The van der Waals surface area contributed by atoms with Crippen LogP contribution in [-0.2, 0) is 21.3 Å². The summed E-state index contributed by atoms with van der Waals surface area (Å²) in [6.45, 7) is 7.71. The van der Waals surface area contributed by atoms with Gasteiger partial charge in [-0.15, -0.1) is 0 Å². The summed E-state index contributed by atoms with van der Waals surface area (Å²) in [5.74, 6) is 0.391. The Kier molecular flexibility index (Phi) is 5.54. The maximum absolute atomic E-state index is 12.6. The standard InChI is InChI=1S/C17H27N3O3S/c1-14(2)24(21,22)20-7-5-16-13-23-9-8-19(17(16)12-20)11-15-4-3-6-18-10-15/h3-4,6,10,14,16-17H,5,7-9,11-13H2,1-2H3/t16-,17-/m1/s1. The molecule has 6 nitrogen and oxygen atoms in total. The number of piperidine rings is 1. The lowest BCUT2D eigenvalue weighted by Crippen LogP contribution is -2.55. The quantitative estimate of drug-likeness (QED) is 0.817. The highest BCUT2D eigenvalue weighted by atomic mass is 32.2. The maximum Gasteiger partial charge on any atom is 0.216 e. The van der Waals surface area contributed by atoms with Gasteiger partial charge in [0.05, 0.1) is 18.5 Å². The van der Waals surface area contributed by atoms with Crippen molar-refractivity contribution in [3.8, 4) is 0 Å². The van der Waals surface area contributed by atoms with E-state index in [2.05, 4.69) is 16.0 Å². The van der Waals surface area contributed by atoms with Gasteiger partial charge >= 0.3 is 0 Å². The van der Waals surface area contributed by atoms with E-state index in [1.165, 1.54) is 0 Å². The highest BCUT2D eigenvalue weighted by Gasteiger charge is 2.39. The molecule has 0 aromatic carbocycles. The molecule has 0 aliphatic carbocycles. The number of rotatable bonds is 4. The van der Waals surface area contributed by atoms with Gasteiger partial charge < -0.3 is 4.74 Å². The fourth-order valence-electron chi connectivity index (χ4n) is 3.59. The molecule has 0 spiro atoms. The van der Waals surface area contributed by atoms with Crippen molar-refractivity contribution in [1.82, 2.24) is 14.2 Å². The molecule has 7 heteroatoms. The van der Waals surface area contributed by atoms with Crippen LogP contribution in [0, 0.1) is 5.92 Å². The first-order chi connectivity index (χ1) is 11.5. The van der Waals surface area contributed by atoms with Crippen molar-refractivity contribution < 1.29 is 13.2 Å². The molecule has 1 aromatic heterocycles. The van der Waals surface area contributed by atoms with Gasteiger partial charge in [-0.05, 0) is 31.9 Å². The zero-order valence-electron chi connectivity index (χ0n) is 14.5. The molecule has 0 amide bonds. The second-order valence-electron chi connectivity index (χ2n) is 6.97. The number of hydrogen-bond acceptors (Lipinski definition) is 5. The molecule has 1 aromatic rings. The lowest BCUT2D eigenvalue weighted by molar-refractivity contribution is 0.0764. The lowest BCUT2D eigenvalue weighted by Gasteiger charge is -2.42. The Labute approximate surface area is 144 Å². The van der Waals surface area contributed by atoms with Crippen molar-refractivity contribution in [3.63, 3.8) is 0 Å². The van der Waals surface area contributed by atoms with Crippen molar-refractivity contribution in [1.29, 1.82) is 0 Å². The van der Waals surface area contributed by atoms with Crippen LogP contribution in [0.3, 0.4) is 0 Å². The van der Waals surface area contributed by atoms with Crippen molar-refractivity contribution in [2.45, 2.75) is 38.1 Å². The number of ether oxygens (including phenoxy) is 1. The smallest absolute Gasteiger partial charge is 0.216 e. The van der Waals surface area contributed by atoms with E-state index in [9.17, 15) is 8.42 Å². The maximum atomic E-state index is 12.6. The van der Waals surface area contributed by atoms with E-state index in [0.29, 0.717) is 25.6 Å². The number of fused-ring (bicyclic) bond motifs is 1. The van der Waals surface area contributed by atoms with Gasteiger partial charge in [-0.2, -0.15) is 0 Å². The van der Waals surface area contributed by atoms with Crippen LogP contribution in [0.1, 0.15) is 25.8 Å². The summed E-state index contributed by atoms with van der Waals surface area (Å²) in [6.07, 6.45) is 4.52. The summed E-state index contributed by atoms with van der Waals surface area (Å²) in [5.41, 5.74) is 1.15. The summed E-state index contributed by atoms with van der Waals surface area (Å²) in [5, 5.41) is -0.372. The first-order valence-corrected chi connectivity index (χ1v) is 10.2. The molecule has 3 heterocycles. The van der Waals surface area contributed by atoms with Gasteiger partial charge in [0, 0.05) is 50.5 Å². The Morgan fingerprint density at radius 1 is 1.38 bits per heavy atom. The van der Waals surface area contributed by atoms with E-state index < -0.39 is 10.0 Å². The second-order valence-corrected chi connectivity index (χ2v) is 9.46. The summed E-state index contributed by atoms with van der Waals surface area (Å²) < 4.78 is 32.6. The number of sulfonamides is 1. The molecule has 0 N–H and O–H groups in total. The lowest BCUT2D eigenvalue weighted by atomic mass is 9.92. The Bertz CT molecular complexity index is 636. The molecule has 2 atom stereocenters. The van der Waals surface area contributed by atoms with Crippen LogP contribution in [0.15, 0.2) is 24.5 Å². The van der Waals surface area contributed by atoms with E-state index in [-0.39, 0.29) is 11.3 Å². The summed E-state index contributed by atoms with van der Waals surface area (Å²) >= 11 is 0. The molecule has 2 saturated heterocycles. The minimum atomic E-state index is -3.21. The highest BCUT2D eigenvalue weighted by molar-refractivity contribution is 7.89. The van der Waals surface area contributed by atoms with Gasteiger partial charge in [-0.1, -0.05) is 6.07 Å². The molecule has 0 radical (unpaired) electrons. The normalized spacial score (nSPS) is 27.0. The molecule has 0 bridgehead atoms. The predicted octanol–water partition coefficient (Wildman–Crippen LogP) is 1.34. The molecule has 0 unspecified atom stereocenters. The van der Waals surface area contributed by atoms with E-state index in [1.807, 2.05) is 12.3 Å². The highest BCUT2D eigenvalue weighted by Crippen LogP contribution is 2.28. The van der Waals surface area contributed by atoms with Crippen LogP contribution in [-0.4, -0.2) is 66.7 Å². The first-order valence-electron chi connectivity index (χ1n) is 8.68. The molecule has 0 saturated carbocycles. The first kappa shape index (κ1) is 17.8. The Morgan fingerprint density at radius 3 is 2.92 bits per heavy atom. The summed E-state index contributed by atoms with van der Waals surface area (Å²) in [7, 11) is -3.21. The fraction of sp³-hybridized carbons (Fsp3) is 0.706. The third-order valence-electron chi connectivity index (χ3n) is 5.07. The monoisotopic (exact) mass is 353 g/mol. The molecule has 2 aliphatic heterocycles. The Balaban J connectivity index is 1.79. The average molecular weight is 353 g/mol. The van der Waals surface area contributed by atoms with Gasteiger partial charge in [-0.3, -0.25) is 9.88 Å². The van der Waals surface area contributed by atoms with Gasteiger partial charge in [0.1, 0.15) is 0 Å². The average Bonchev–Trinajstić information content (AvgIpc) is 2.77. The molecule has 3 rings (SSSR count). The third kappa shape index (κ3) is 3.79. The van der Waals surface area contributed by atoms with Crippen molar-refractivity contribution in [3.05, 3.63) is 30.1 Å². The van der Waals surface area contributed by atoms with Gasteiger partial charge in [0.15, 0.2) is 0 Å². The summed E-state index contributed by atoms with van der Waals surface area (Å²) in [6, 6.07) is 4.21. The SMILES string of the molecule is CC(C)S(=O)(=O)N1CC[C@@H]2COCCN(Cc3cccnc3)[C@@H]2C1. The molecule has 2 aliphatic rings. The second kappa shape index (κ2) is 7.47. The Morgan fingerprint density at radius 2 is 2.21 bits per heavy atom. The van der Waals surface area contributed by atoms with Crippen LogP contribution in [0.5, 0.6) is 0 Å². The predicted molar refractivity (Wildman–Crippen MR) is 93.0 cm³/mol. The van der Waals surface area contributed by atoms with Crippen LogP contribution in [0.4, 0.5) is 0 Å². The summed E-state index contributed by atoms with van der Waals surface area (Å²) in [4.78, 5) is 6.56. The molecule has 134 valence electrons. The number of hydrogen-bond donors (Lipinski definition) is 0. The minimum Gasteiger partial charge on any atom is -0.380 e. The van der Waals surface area contributed by atoms with E-state index in [0.717, 1.165) is 31.7 Å². The van der Waals surface area contributed by atoms with Crippen molar-refractivity contribution in [2.75, 3.05) is 32.8 Å². The van der Waals surface area contributed by atoms with Crippen molar-refractivity contribution >= 4 is 10.0 Å². The third-order valence-corrected chi connectivity index (χ3v) is 7.31. The molecule has 24 heavy (non-hydrogen) atoms. The molecular weight excluding hydrogens is 326 g/mol.